The fraction of sp³-hybridized carbons (Fsp3) is 0.188. The summed E-state index contributed by atoms with van der Waals surface area (Å²) in [4.78, 5) is 11.4. The number of para-hydroxylation sites is 1. The van der Waals surface area contributed by atoms with Crippen molar-refractivity contribution in [1.29, 1.82) is 0 Å². The smallest absolute Gasteiger partial charge is 0.252 e. The Morgan fingerprint density at radius 3 is 2.52 bits per heavy atom. The Hall–Kier alpha value is -2.40. The Labute approximate surface area is 122 Å². The van der Waals surface area contributed by atoms with Crippen molar-refractivity contribution in [2.45, 2.75) is 19.1 Å². The highest BCUT2D eigenvalue weighted by Gasteiger charge is 2.21. The number of primary amides is 1. The van der Waals surface area contributed by atoms with Gasteiger partial charge in [-0.2, -0.15) is 0 Å². The van der Waals surface area contributed by atoms with Crippen LogP contribution in [0.1, 0.15) is 28.9 Å². The highest BCUT2D eigenvalue weighted by atomic mass is 19.1. The van der Waals surface area contributed by atoms with Gasteiger partial charge in [-0.1, -0.05) is 24.3 Å². The first-order chi connectivity index (χ1) is 9.99. The van der Waals surface area contributed by atoms with E-state index in [1.54, 1.807) is 43.3 Å². The summed E-state index contributed by atoms with van der Waals surface area (Å²) in [7, 11) is 0. The van der Waals surface area contributed by atoms with Crippen LogP contribution in [-0.2, 0) is 0 Å². The summed E-state index contributed by atoms with van der Waals surface area (Å²) in [5.41, 5.74) is 12.1. The molecular weight excluding hydrogens is 271 g/mol. The standard InChI is InChI=1S/C16H17FN2O2/c1-10(18)15(11-5-4-6-12(17)9-11)21-14-8-3-2-7-13(14)16(19)20/h2-10,15H,18H2,1H3,(H2,19,20). The number of benzene rings is 2. The van der Waals surface area contributed by atoms with Gasteiger partial charge in [0.15, 0.2) is 0 Å². The largest absolute Gasteiger partial charge is 0.483 e. The van der Waals surface area contributed by atoms with Crippen molar-refractivity contribution in [3.63, 3.8) is 0 Å². The number of carbonyl (C=O) groups is 1. The molecule has 21 heavy (non-hydrogen) atoms. The van der Waals surface area contributed by atoms with E-state index in [1.807, 2.05) is 0 Å². The molecular formula is C16H17FN2O2. The zero-order chi connectivity index (χ0) is 15.4. The van der Waals surface area contributed by atoms with Gasteiger partial charge in [0.25, 0.3) is 5.91 Å². The first kappa shape index (κ1) is 15.0. The average molecular weight is 288 g/mol. The van der Waals surface area contributed by atoms with Crippen LogP contribution in [0.5, 0.6) is 5.75 Å². The number of hydrogen-bond donors (Lipinski definition) is 2. The summed E-state index contributed by atoms with van der Waals surface area (Å²) < 4.78 is 19.2. The van der Waals surface area contributed by atoms with E-state index < -0.39 is 18.1 Å². The molecule has 2 aromatic carbocycles. The summed E-state index contributed by atoms with van der Waals surface area (Å²) in [5, 5.41) is 0. The molecule has 110 valence electrons. The molecule has 2 atom stereocenters. The third-order valence-electron chi connectivity index (χ3n) is 3.06. The number of carbonyl (C=O) groups excluding carboxylic acids is 1. The Morgan fingerprint density at radius 1 is 1.19 bits per heavy atom. The van der Waals surface area contributed by atoms with E-state index in [2.05, 4.69) is 0 Å². The molecule has 0 bridgehead atoms. The Kier molecular flexibility index (Phi) is 4.55. The molecule has 2 rings (SSSR count). The lowest BCUT2D eigenvalue weighted by atomic mass is 10.0. The van der Waals surface area contributed by atoms with Crippen LogP contribution in [0.25, 0.3) is 0 Å². The van der Waals surface area contributed by atoms with Crippen molar-refractivity contribution < 1.29 is 13.9 Å². The molecule has 4 nitrogen and oxygen atoms in total. The molecule has 0 aliphatic heterocycles. The van der Waals surface area contributed by atoms with E-state index in [-0.39, 0.29) is 11.4 Å². The van der Waals surface area contributed by atoms with Crippen molar-refractivity contribution in [2.24, 2.45) is 11.5 Å². The van der Waals surface area contributed by atoms with E-state index in [0.29, 0.717) is 11.3 Å². The lowest BCUT2D eigenvalue weighted by Crippen LogP contribution is -2.29. The molecule has 2 unspecified atom stereocenters. The fourth-order valence-corrected chi connectivity index (χ4v) is 2.07. The minimum Gasteiger partial charge on any atom is -0.483 e. The van der Waals surface area contributed by atoms with Crippen LogP contribution in [0, 0.1) is 5.82 Å². The molecule has 0 aliphatic carbocycles. The van der Waals surface area contributed by atoms with Gasteiger partial charge in [-0.3, -0.25) is 4.79 Å². The van der Waals surface area contributed by atoms with E-state index in [9.17, 15) is 9.18 Å². The van der Waals surface area contributed by atoms with Crippen LogP contribution >= 0.6 is 0 Å². The summed E-state index contributed by atoms with van der Waals surface area (Å²) in [6.07, 6.45) is -0.582. The van der Waals surface area contributed by atoms with Gasteiger partial charge in [0, 0.05) is 6.04 Å². The second-order valence-electron chi connectivity index (χ2n) is 4.81. The van der Waals surface area contributed by atoms with Crippen molar-refractivity contribution >= 4 is 5.91 Å². The van der Waals surface area contributed by atoms with Crippen LogP contribution in [-0.4, -0.2) is 11.9 Å². The quantitative estimate of drug-likeness (QED) is 0.886. The highest BCUT2D eigenvalue weighted by Crippen LogP contribution is 2.27. The van der Waals surface area contributed by atoms with Gasteiger partial charge >= 0.3 is 0 Å². The SMILES string of the molecule is CC(N)C(Oc1ccccc1C(N)=O)c1cccc(F)c1. The predicted molar refractivity (Wildman–Crippen MR) is 78.4 cm³/mol. The number of amides is 1. The van der Waals surface area contributed by atoms with Gasteiger partial charge in [0.05, 0.1) is 5.56 Å². The van der Waals surface area contributed by atoms with Gasteiger partial charge in [0.2, 0.25) is 0 Å². The van der Waals surface area contributed by atoms with Crippen LogP contribution in [0.15, 0.2) is 48.5 Å². The Morgan fingerprint density at radius 2 is 1.90 bits per heavy atom. The number of hydrogen-bond acceptors (Lipinski definition) is 3. The monoisotopic (exact) mass is 288 g/mol. The average Bonchev–Trinajstić information content (AvgIpc) is 2.44. The van der Waals surface area contributed by atoms with Crippen LogP contribution < -0.4 is 16.2 Å². The number of ether oxygens (including phenoxy) is 1. The molecule has 0 radical (unpaired) electrons. The van der Waals surface area contributed by atoms with E-state index in [1.165, 1.54) is 12.1 Å². The van der Waals surface area contributed by atoms with Crippen molar-refractivity contribution in [2.75, 3.05) is 0 Å². The zero-order valence-corrected chi connectivity index (χ0v) is 11.6. The maximum Gasteiger partial charge on any atom is 0.252 e. The molecule has 0 aliphatic rings. The Balaban J connectivity index is 2.36. The number of rotatable bonds is 5. The first-order valence-corrected chi connectivity index (χ1v) is 6.55. The van der Waals surface area contributed by atoms with Gasteiger partial charge in [-0.05, 0) is 36.8 Å². The third kappa shape index (κ3) is 3.58. The maximum absolute atomic E-state index is 13.4. The van der Waals surface area contributed by atoms with E-state index >= 15 is 0 Å². The Bertz CT molecular complexity index is 644. The number of halogens is 1. The summed E-state index contributed by atoms with van der Waals surface area (Å²) in [6, 6.07) is 12.2. The van der Waals surface area contributed by atoms with E-state index in [0.717, 1.165) is 0 Å². The molecule has 1 amide bonds. The predicted octanol–water partition coefficient (Wildman–Crippen LogP) is 2.39. The van der Waals surface area contributed by atoms with Crippen molar-refractivity contribution in [1.82, 2.24) is 0 Å². The highest BCUT2D eigenvalue weighted by molar-refractivity contribution is 5.95. The molecule has 0 heterocycles. The van der Waals surface area contributed by atoms with Gasteiger partial charge in [-0.15, -0.1) is 0 Å². The first-order valence-electron chi connectivity index (χ1n) is 6.55. The molecule has 0 fully saturated rings. The van der Waals surface area contributed by atoms with Gasteiger partial charge < -0.3 is 16.2 Å². The maximum atomic E-state index is 13.4. The molecule has 5 heteroatoms. The molecule has 2 aromatic rings. The third-order valence-corrected chi connectivity index (χ3v) is 3.06. The molecule has 0 saturated heterocycles. The van der Waals surface area contributed by atoms with E-state index in [4.69, 9.17) is 16.2 Å². The van der Waals surface area contributed by atoms with Crippen molar-refractivity contribution in [3.05, 3.63) is 65.5 Å². The van der Waals surface area contributed by atoms with Crippen LogP contribution in [0.2, 0.25) is 0 Å². The van der Waals surface area contributed by atoms with Crippen LogP contribution in [0.3, 0.4) is 0 Å². The molecule has 0 spiro atoms. The van der Waals surface area contributed by atoms with Crippen LogP contribution in [0.4, 0.5) is 4.39 Å². The normalized spacial score (nSPS) is 13.5. The summed E-state index contributed by atoms with van der Waals surface area (Å²) in [6.45, 7) is 1.75. The van der Waals surface area contributed by atoms with Gasteiger partial charge in [-0.25, -0.2) is 4.39 Å². The number of nitrogens with two attached hydrogens (primary N) is 2. The minimum atomic E-state index is -0.590. The lowest BCUT2D eigenvalue weighted by molar-refractivity contribution is 0.0990. The summed E-state index contributed by atoms with van der Waals surface area (Å²) >= 11 is 0. The second kappa shape index (κ2) is 6.37. The molecule has 0 saturated carbocycles. The second-order valence-corrected chi connectivity index (χ2v) is 4.81. The minimum absolute atomic E-state index is 0.263. The van der Waals surface area contributed by atoms with Gasteiger partial charge in [0.1, 0.15) is 17.7 Å². The summed E-state index contributed by atoms with van der Waals surface area (Å²) in [5.74, 6) is -0.630. The lowest BCUT2D eigenvalue weighted by Gasteiger charge is -2.24. The zero-order valence-electron chi connectivity index (χ0n) is 11.6. The van der Waals surface area contributed by atoms with Crippen molar-refractivity contribution in [3.8, 4) is 5.75 Å². The fourth-order valence-electron chi connectivity index (χ4n) is 2.07. The topological polar surface area (TPSA) is 78.3 Å². The molecule has 4 N–H and O–H groups in total. The molecule has 0 aromatic heterocycles.